The van der Waals surface area contributed by atoms with Crippen LogP contribution >= 0.6 is 11.6 Å². The first-order chi connectivity index (χ1) is 14.7. The molecule has 2 aromatic carbocycles. The number of ether oxygens (including phenoxy) is 1. The molecule has 0 radical (unpaired) electrons. The highest BCUT2D eigenvalue weighted by Gasteiger charge is 2.05. The molecule has 0 aliphatic carbocycles. The molecule has 0 atom stereocenters. The number of carbonyl (C=O) groups excluding carboxylic acids is 1. The van der Waals surface area contributed by atoms with Crippen molar-refractivity contribution in [1.82, 2.24) is 19.5 Å². The van der Waals surface area contributed by atoms with Crippen LogP contribution in [0.1, 0.15) is 5.56 Å². The molecular weight excluding hydrogens is 402 g/mol. The molecule has 8 heteroatoms. The molecule has 4 rings (SSSR count). The molecule has 4 aromatic rings. The first-order valence-electron chi connectivity index (χ1n) is 8.99. The molecule has 0 unspecified atom stereocenters. The van der Waals surface area contributed by atoms with Crippen molar-refractivity contribution in [2.24, 2.45) is 0 Å². The molecule has 1 N–H and O–H groups in total. The summed E-state index contributed by atoms with van der Waals surface area (Å²) in [5, 5.41) is 3.38. The standard InChI is InChI=1S/C22H16ClN5O2/c23-19-4-2-1-3-16(19)5-10-21(29)27-17-6-8-18(9-7-17)30-22-13-20(25-14-26-22)28-12-11-24-15-28/h1-15H,(H,27,29)/b10-5+. The van der Waals surface area contributed by atoms with Crippen molar-refractivity contribution in [2.75, 3.05) is 5.32 Å². The van der Waals surface area contributed by atoms with Gasteiger partial charge in [0.15, 0.2) is 0 Å². The summed E-state index contributed by atoms with van der Waals surface area (Å²) in [4.78, 5) is 24.4. The van der Waals surface area contributed by atoms with Gasteiger partial charge in [0.1, 0.15) is 24.2 Å². The van der Waals surface area contributed by atoms with E-state index in [2.05, 4.69) is 20.3 Å². The van der Waals surface area contributed by atoms with E-state index in [1.807, 2.05) is 18.2 Å². The van der Waals surface area contributed by atoms with Gasteiger partial charge in [-0.1, -0.05) is 29.8 Å². The van der Waals surface area contributed by atoms with Gasteiger partial charge >= 0.3 is 0 Å². The lowest BCUT2D eigenvalue weighted by Gasteiger charge is -2.08. The van der Waals surface area contributed by atoms with Crippen LogP contribution < -0.4 is 10.1 Å². The quantitative estimate of drug-likeness (QED) is 0.457. The number of anilines is 1. The van der Waals surface area contributed by atoms with Crippen molar-refractivity contribution in [1.29, 1.82) is 0 Å². The van der Waals surface area contributed by atoms with Crippen molar-refractivity contribution < 1.29 is 9.53 Å². The van der Waals surface area contributed by atoms with E-state index in [1.54, 1.807) is 65.8 Å². The van der Waals surface area contributed by atoms with E-state index in [1.165, 1.54) is 12.4 Å². The highest BCUT2D eigenvalue weighted by molar-refractivity contribution is 6.32. The minimum absolute atomic E-state index is 0.260. The summed E-state index contributed by atoms with van der Waals surface area (Å²) < 4.78 is 7.52. The molecule has 0 spiro atoms. The maximum absolute atomic E-state index is 12.1. The van der Waals surface area contributed by atoms with Gasteiger partial charge in [0.05, 0.1) is 0 Å². The molecule has 0 aliphatic heterocycles. The normalized spacial score (nSPS) is 10.8. The second-order valence-electron chi connectivity index (χ2n) is 6.15. The van der Waals surface area contributed by atoms with Crippen LogP contribution in [0.2, 0.25) is 5.02 Å². The van der Waals surface area contributed by atoms with Gasteiger partial charge in [-0.2, -0.15) is 0 Å². The van der Waals surface area contributed by atoms with Crippen LogP contribution in [0, 0.1) is 0 Å². The smallest absolute Gasteiger partial charge is 0.248 e. The van der Waals surface area contributed by atoms with E-state index in [9.17, 15) is 4.79 Å². The third kappa shape index (κ3) is 4.89. The van der Waals surface area contributed by atoms with Crippen LogP contribution in [0.15, 0.2) is 85.7 Å². The largest absolute Gasteiger partial charge is 0.439 e. The molecular formula is C22H16ClN5O2. The number of amides is 1. The van der Waals surface area contributed by atoms with Crippen LogP contribution in [-0.2, 0) is 4.79 Å². The zero-order chi connectivity index (χ0) is 20.8. The predicted molar refractivity (Wildman–Crippen MR) is 115 cm³/mol. The summed E-state index contributed by atoms with van der Waals surface area (Å²) in [5.74, 6) is 1.36. The minimum atomic E-state index is -0.260. The van der Waals surface area contributed by atoms with E-state index < -0.39 is 0 Å². The van der Waals surface area contributed by atoms with Gasteiger partial charge in [-0.05, 0) is 42.0 Å². The molecule has 1 amide bonds. The molecule has 2 aromatic heterocycles. The lowest BCUT2D eigenvalue weighted by molar-refractivity contribution is -0.111. The average molecular weight is 418 g/mol. The molecule has 0 saturated heterocycles. The van der Waals surface area contributed by atoms with E-state index in [0.29, 0.717) is 28.2 Å². The van der Waals surface area contributed by atoms with Gasteiger partial charge in [0, 0.05) is 35.2 Å². The molecule has 0 fully saturated rings. The number of hydrogen-bond donors (Lipinski definition) is 1. The molecule has 0 saturated carbocycles. The van der Waals surface area contributed by atoms with E-state index in [4.69, 9.17) is 16.3 Å². The number of nitrogens with zero attached hydrogens (tertiary/aromatic N) is 4. The first kappa shape index (κ1) is 19.4. The number of aromatic nitrogens is 4. The number of nitrogens with one attached hydrogen (secondary N) is 1. The number of carbonyl (C=O) groups is 1. The second-order valence-corrected chi connectivity index (χ2v) is 6.56. The Bertz CT molecular complexity index is 1170. The van der Waals surface area contributed by atoms with E-state index >= 15 is 0 Å². The lowest BCUT2D eigenvalue weighted by atomic mass is 10.2. The lowest BCUT2D eigenvalue weighted by Crippen LogP contribution is -2.07. The van der Waals surface area contributed by atoms with Crippen molar-refractivity contribution >= 4 is 29.3 Å². The third-order valence-electron chi connectivity index (χ3n) is 4.06. The van der Waals surface area contributed by atoms with Crippen LogP contribution in [0.4, 0.5) is 5.69 Å². The van der Waals surface area contributed by atoms with Gasteiger partial charge in [0.2, 0.25) is 11.8 Å². The third-order valence-corrected chi connectivity index (χ3v) is 4.40. The summed E-state index contributed by atoms with van der Waals surface area (Å²) in [6.45, 7) is 0. The van der Waals surface area contributed by atoms with Gasteiger partial charge in [-0.3, -0.25) is 9.36 Å². The molecule has 30 heavy (non-hydrogen) atoms. The second kappa shape index (κ2) is 9.02. The summed E-state index contributed by atoms with van der Waals surface area (Å²) in [6.07, 6.45) is 9.61. The Morgan fingerprint density at radius 2 is 1.93 bits per heavy atom. The van der Waals surface area contributed by atoms with E-state index in [0.717, 1.165) is 5.56 Å². The Morgan fingerprint density at radius 1 is 1.10 bits per heavy atom. The molecule has 148 valence electrons. The fourth-order valence-electron chi connectivity index (χ4n) is 2.61. The topological polar surface area (TPSA) is 81.9 Å². The number of benzene rings is 2. The molecule has 0 bridgehead atoms. The van der Waals surface area contributed by atoms with Crippen molar-refractivity contribution in [3.8, 4) is 17.4 Å². The Kier molecular flexibility index (Phi) is 5.82. The van der Waals surface area contributed by atoms with Crippen LogP contribution in [0.5, 0.6) is 11.6 Å². The summed E-state index contributed by atoms with van der Waals surface area (Å²) in [5.41, 5.74) is 1.41. The minimum Gasteiger partial charge on any atom is -0.439 e. The fourth-order valence-corrected chi connectivity index (χ4v) is 2.81. The highest BCUT2D eigenvalue weighted by atomic mass is 35.5. The maximum Gasteiger partial charge on any atom is 0.248 e. The maximum atomic E-state index is 12.1. The number of imidazole rings is 1. The van der Waals surface area contributed by atoms with Crippen molar-refractivity contribution in [3.05, 3.63) is 96.3 Å². The Morgan fingerprint density at radius 3 is 2.70 bits per heavy atom. The molecule has 0 aliphatic rings. The summed E-state index contributed by atoms with van der Waals surface area (Å²) in [6, 6.07) is 16.0. The zero-order valence-electron chi connectivity index (χ0n) is 15.6. The van der Waals surface area contributed by atoms with Crippen LogP contribution in [-0.4, -0.2) is 25.4 Å². The Balaban J connectivity index is 1.38. The van der Waals surface area contributed by atoms with Crippen LogP contribution in [0.25, 0.3) is 11.9 Å². The van der Waals surface area contributed by atoms with Gasteiger partial charge in [0.25, 0.3) is 0 Å². The summed E-state index contributed by atoms with van der Waals surface area (Å²) >= 11 is 6.08. The van der Waals surface area contributed by atoms with E-state index in [-0.39, 0.29) is 5.91 Å². The number of halogens is 1. The first-order valence-corrected chi connectivity index (χ1v) is 9.37. The molecule has 2 heterocycles. The van der Waals surface area contributed by atoms with Gasteiger partial charge < -0.3 is 10.1 Å². The van der Waals surface area contributed by atoms with Crippen LogP contribution in [0.3, 0.4) is 0 Å². The SMILES string of the molecule is O=C(/C=C/c1ccccc1Cl)Nc1ccc(Oc2cc(-n3ccnc3)ncn2)cc1. The predicted octanol–water partition coefficient (Wildman–Crippen LogP) is 4.76. The fraction of sp³-hybridized carbons (Fsp3) is 0. The van der Waals surface area contributed by atoms with Crippen molar-refractivity contribution in [3.63, 3.8) is 0 Å². The Labute approximate surface area is 177 Å². The van der Waals surface area contributed by atoms with Gasteiger partial charge in [-0.25, -0.2) is 15.0 Å². The average Bonchev–Trinajstić information content (AvgIpc) is 3.30. The van der Waals surface area contributed by atoms with Gasteiger partial charge in [-0.15, -0.1) is 0 Å². The highest BCUT2D eigenvalue weighted by Crippen LogP contribution is 2.22. The number of hydrogen-bond acceptors (Lipinski definition) is 5. The monoisotopic (exact) mass is 417 g/mol. The Hall–Kier alpha value is -3.97. The van der Waals surface area contributed by atoms with Crippen molar-refractivity contribution in [2.45, 2.75) is 0 Å². The zero-order valence-corrected chi connectivity index (χ0v) is 16.4. The number of rotatable bonds is 6. The molecule has 7 nitrogen and oxygen atoms in total. The summed E-state index contributed by atoms with van der Waals surface area (Å²) in [7, 11) is 0.